The number of carbonyl (C=O) groups excluding carboxylic acids is 2. The van der Waals surface area contributed by atoms with Gasteiger partial charge in [0.15, 0.2) is 0 Å². The number of aromatic nitrogens is 1. The maximum Gasteiger partial charge on any atom is 0.276 e. The molecule has 0 aliphatic heterocycles. The SMILES string of the molecule is CCN(C(=O)c1cccc(C(=O)NCCCOC)n1)c1cccc(C)c1. The molecule has 0 saturated carbocycles. The van der Waals surface area contributed by atoms with Crippen molar-refractivity contribution >= 4 is 17.5 Å². The Morgan fingerprint density at radius 2 is 1.88 bits per heavy atom. The van der Waals surface area contributed by atoms with Crippen LogP contribution in [0.15, 0.2) is 42.5 Å². The Bertz CT molecular complexity index is 761. The van der Waals surface area contributed by atoms with E-state index in [0.717, 1.165) is 17.7 Å². The summed E-state index contributed by atoms with van der Waals surface area (Å²) in [5, 5.41) is 2.78. The van der Waals surface area contributed by atoms with Gasteiger partial charge in [0.2, 0.25) is 0 Å². The maximum absolute atomic E-state index is 12.9. The maximum atomic E-state index is 12.9. The van der Waals surface area contributed by atoms with E-state index in [0.29, 0.717) is 19.7 Å². The molecule has 1 aromatic carbocycles. The van der Waals surface area contributed by atoms with Crippen LogP contribution in [-0.2, 0) is 4.74 Å². The minimum atomic E-state index is -0.297. The van der Waals surface area contributed by atoms with Crippen molar-refractivity contribution in [1.29, 1.82) is 0 Å². The van der Waals surface area contributed by atoms with Crippen molar-refractivity contribution in [2.45, 2.75) is 20.3 Å². The third-order valence-electron chi connectivity index (χ3n) is 3.89. The highest BCUT2D eigenvalue weighted by molar-refractivity contribution is 6.05. The number of nitrogens with zero attached hydrogens (tertiary/aromatic N) is 2. The Kier molecular flexibility index (Phi) is 7.29. The standard InChI is InChI=1S/C20H25N3O3/c1-4-23(16-9-5-8-15(2)14-16)20(25)18-11-6-10-17(22-18)19(24)21-12-7-13-26-3/h5-6,8-11,14H,4,7,12-13H2,1-3H3,(H,21,24). The lowest BCUT2D eigenvalue weighted by molar-refractivity contribution is 0.0943. The fourth-order valence-corrected chi connectivity index (χ4v) is 2.57. The second-order valence-electron chi connectivity index (χ2n) is 5.90. The molecule has 2 amide bonds. The average molecular weight is 355 g/mol. The van der Waals surface area contributed by atoms with Crippen LogP contribution in [0, 0.1) is 6.92 Å². The van der Waals surface area contributed by atoms with E-state index in [1.54, 1.807) is 30.2 Å². The fraction of sp³-hybridized carbons (Fsp3) is 0.350. The number of rotatable bonds is 8. The van der Waals surface area contributed by atoms with Crippen molar-refractivity contribution in [3.8, 4) is 0 Å². The minimum Gasteiger partial charge on any atom is -0.385 e. The second-order valence-corrected chi connectivity index (χ2v) is 5.90. The lowest BCUT2D eigenvalue weighted by atomic mass is 10.2. The topological polar surface area (TPSA) is 71.5 Å². The summed E-state index contributed by atoms with van der Waals surface area (Å²) in [6.45, 7) is 5.48. The highest BCUT2D eigenvalue weighted by Gasteiger charge is 2.19. The first-order valence-corrected chi connectivity index (χ1v) is 8.69. The van der Waals surface area contributed by atoms with Gasteiger partial charge in [-0.1, -0.05) is 18.2 Å². The summed E-state index contributed by atoms with van der Waals surface area (Å²) >= 11 is 0. The number of hydrogen-bond donors (Lipinski definition) is 1. The molecule has 0 aliphatic rings. The lowest BCUT2D eigenvalue weighted by Crippen LogP contribution is -2.32. The number of nitrogens with one attached hydrogen (secondary N) is 1. The number of methoxy groups -OCH3 is 1. The lowest BCUT2D eigenvalue weighted by Gasteiger charge is -2.21. The van der Waals surface area contributed by atoms with Gasteiger partial charge >= 0.3 is 0 Å². The Morgan fingerprint density at radius 3 is 2.58 bits per heavy atom. The summed E-state index contributed by atoms with van der Waals surface area (Å²) in [5.74, 6) is -0.526. The van der Waals surface area contributed by atoms with E-state index in [-0.39, 0.29) is 23.2 Å². The van der Waals surface area contributed by atoms with E-state index in [2.05, 4.69) is 10.3 Å². The fourth-order valence-electron chi connectivity index (χ4n) is 2.57. The second kappa shape index (κ2) is 9.68. The van der Waals surface area contributed by atoms with Crippen molar-refractivity contribution in [3.05, 3.63) is 59.4 Å². The molecule has 0 aliphatic carbocycles. The van der Waals surface area contributed by atoms with Crippen molar-refractivity contribution in [2.24, 2.45) is 0 Å². The Morgan fingerprint density at radius 1 is 1.15 bits per heavy atom. The van der Waals surface area contributed by atoms with Gasteiger partial charge in [-0.25, -0.2) is 4.98 Å². The number of carbonyl (C=O) groups is 2. The highest BCUT2D eigenvalue weighted by Crippen LogP contribution is 2.18. The van der Waals surface area contributed by atoms with E-state index in [4.69, 9.17) is 4.74 Å². The molecule has 6 nitrogen and oxygen atoms in total. The molecule has 1 N–H and O–H groups in total. The van der Waals surface area contributed by atoms with E-state index < -0.39 is 0 Å². The number of benzene rings is 1. The Balaban J connectivity index is 2.14. The summed E-state index contributed by atoms with van der Waals surface area (Å²) in [6, 6.07) is 12.6. The molecule has 138 valence electrons. The molecule has 0 saturated heterocycles. The molecule has 1 aromatic heterocycles. The van der Waals surface area contributed by atoms with Crippen molar-refractivity contribution < 1.29 is 14.3 Å². The monoisotopic (exact) mass is 355 g/mol. The van der Waals surface area contributed by atoms with Crippen LogP contribution >= 0.6 is 0 Å². The molecule has 2 aromatic rings. The summed E-state index contributed by atoms with van der Waals surface area (Å²) in [5.41, 5.74) is 2.37. The van der Waals surface area contributed by atoms with E-state index in [9.17, 15) is 9.59 Å². The molecule has 2 rings (SSSR count). The van der Waals surface area contributed by atoms with Gasteiger partial charge in [-0.15, -0.1) is 0 Å². The molecule has 0 unspecified atom stereocenters. The predicted octanol–water partition coefficient (Wildman–Crippen LogP) is 2.82. The average Bonchev–Trinajstić information content (AvgIpc) is 2.66. The van der Waals surface area contributed by atoms with Gasteiger partial charge in [0.1, 0.15) is 11.4 Å². The number of hydrogen-bond acceptors (Lipinski definition) is 4. The number of pyridine rings is 1. The third kappa shape index (κ3) is 5.13. The number of amides is 2. The summed E-state index contributed by atoms with van der Waals surface area (Å²) in [6.07, 6.45) is 0.720. The molecule has 0 bridgehead atoms. The number of ether oxygens (including phenoxy) is 1. The van der Waals surface area contributed by atoms with Gasteiger partial charge in [0.25, 0.3) is 11.8 Å². The van der Waals surface area contributed by atoms with Gasteiger partial charge in [0, 0.05) is 32.5 Å². The van der Waals surface area contributed by atoms with Crippen LogP contribution in [0.4, 0.5) is 5.69 Å². The normalized spacial score (nSPS) is 10.4. The molecule has 26 heavy (non-hydrogen) atoms. The van der Waals surface area contributed by atoms with Crippen molar-refractivity contribution in [2.75, 3.05) is 31.7 Å². The largest absolute Gasteiger partial charge is 0.385 e. The van der Waals surface area contributed by atoms with Gasteiger partial charge in [0.05, 0.1) is 0 Å². The van der Waals surface area contributed by atoms with Crippen LogP contribution < -0.4 is 10.2 Å². The van der Waals surface area contributed by atoms with E-state index in [1.807, 2.05) is 38.1 Å². The summed E-state index contributed by atoms with van der Waals surface area (Å²) in [7, 11) is 1.62. The molecule has 0 fully saturated rings. The van der Waals surface area contributed by atoms with Gasteiger partial charge < -0.3 is 15.0 Å². The molecular weight excluding hydrogens is 330 g/mol. The van der Waals surface area contributed by atoms with E-state index in [1.165, 1.54) is 0 Å². The summed E-state index contributed by atoms with van der Waals surface area (Å²) in [4.78, 5) is 31.0. The van der Waals surface area contributed by atoms with Crippen LogP contribution in [0.25, 0.3) is 0 Å². The molecule has 0 atom stereocenters. The predicted molar refractivity (Wildman–Crippen MR) is 102 cm³/mol. The van der Waals surface area contributed by atoms with Crippen LogP contribution in [-0.4, -0.2) is 43.6 Å². The zero-order valence-corrected chi connectivity index (χ0v) is 15.5. The highest BCUT2D eigenvalue weighted by atomic mass is 16.5. The molecule has 0 spiro atoms. The first kappa shape index (κ1) is 19.6. The molecule has 1 heterocycles. The minimum absolute atomic E-state index is 0.230. The number of aryl methyl sites for hydroxylation is 1. The van der Waals surface area contributed by atoms with Crippen molar-refractivity contribution in [3.63, 3.8) is 0 Å². The Labute approximate surface area is 154 Å². The quantitative estimate of drug-likeness (QED) is 0.739. The first-order valence-electron chi connectivity index (χ1n) is 8.69. The van der Waals surface area contributed by atoms with Crippen molar-refractivity contribution in [1.82, 2.24) is 10.3 Å². The van der Waals surface area contributed by atoms with Crippen LogP contribution in [0.1, 0.15) is 39.9 Å². The first-order chi connectivity index (χ1) is 12.6. The molecule has 0 radical (unpaired) electrons. The summed E-state index contributed by atoms with van der Waals surface area (Å²) < 4.78 is 4.95. The Hall–Kier alpha value is -2.73. The van der Waals surface area contributed by atoms with E-state index >= 15 is 0 Å². The van der Waals surface area contributed by atoms with Gasteiger partial charge in [-0.05, 0) is 50.1 Å². The van der Waals surface area contributed by atoms with Crippen LogP contribution in [0.5, 0.6) is 0 Å². The van der Waals surface area contributed by atoms with Gasteiger partial charge in [-0.3, -0.25) is 9.59 Å². The van der Waals surface area contributed by atoms with Crippen LogP contribution in [0.2, 0.25) is 0 Å². The third-order valence-corrected chi connectivity index (χ3v) is 3.89. The molecular formula is C20H25N3O3. The van der Waals surface area contributed by atoms with Gasteiger partial charge in [-0.2, -0.15) is 0 Å². The van der Waals surface area contributed by atoms with Crippen LogP contribution in [0.3, 0.4) is 0 Å². The number of anilines is 1. The smallest absolute Gasteiger partial charge is 0.276 e. The zero-order valence-electron chi connectivity index (χ0n) is 15.5. The molecule has 6 heteroatoms. The zero-order chi connectivity index (χ0) is 18.9.